The van der Waals surface area contributed by atoms with Crippen molar-refractivity contribution >= 4 is 22.7 Å². The van der Waals surface area contributed by atoms with Crippen molar-refractivity contribution in [3.63, 3.8) is 0 Å². The number of nitrogens with zero attached hydrogens (tertiary/aromatic N) is 3. The van der Waals surface area contributed by atoms with Crippen LogP contribution in [0, 0.1) is 6.92 Å². The molecule has 1 aliphatic carbocycles. The first-order valence-corrected chi connectivity index (χ1v) is 6.47. The van der Waals surface area contributed by atoms with Crippen LogP contribution in [0.25, 0.3) is 11.0 Å². The Bertz CT molecular complexity index is 688. The van der Waals surface area contributed by atoms with Crippen LogP contribution in [0.1, 0.15) is 28.9 Å². The van der Waals surface area contributed by atoms with Gasteiger partial charge in [-0.1, -0.05) is 0 Å². The van der Waals surface area contributed by atoms with Crippen LogP contribution in [0.3, 0.4) is 0 Å². The van der Waals surface area contributed by atoms with Crippen molar-refractivity contribution in [3.8, 4) is 0 Å². The number of pyridine rings is 1. The molecule has 2 heterocycles. The number of hydrogen-bond donors (Lipinski definition) is 3. The average molecular weight is 276 g/mol. The van der Waals surface area contributed by atoms with E-state index < -0.39 is 5.97 Å². The van der Waals surface area contributed by atoms with Crippen molar-refractivity contribution in [3.05, 3.63) is 17.5 Å². The van der Waals surface area contributed by atoms with Crippen LogP contribution in [-0.4, -0.2) is 43.1 Å². The van der Waals surface area contributed by atoms with E-state index in [9.17, 15) is 15.0 Å². The number of hydrogen-bond acceptors (Lipinski definition) is 5. The lowest BCUT2D eigenvalue weighted by Crippen LogP contribution is -2.39. The van der Waals surface area contributed by atoms with Gasteiger partial charge in [-0.25, -0.2) is 9.78 Å². The third-order valence-electron chi connectivity index (χ3n) is 3.72. The monoisotopic (exact) mass is 276 g/mol. The summed E-state index contributed by atoms with van der Waals surface area (Å²) < 4.78 is 1.64. The van der Waals surface area contributed by atoms with E-state index in [-0.39, 0.29) is 17.7 Å². The van der Waals surface area contributed by atoms with E-state index in [2.05, 4.69) is 15.4 Å². The number of aromatic carboxylic acids is 1. The van der Waals surface area contributed by atoms with Crippen molar-refractivity contribution in [1.82, 2.24) is 14.8 Å². The minimum atomic E-state index is -1.02. The second-order valence-corrected chi connectivity index (χ2v) is 5.23. The lowest BCUT2D eigenvalue weighted by Gasteiger charge is -2.33. The Balaban J connectivity index is 2.13. The van der Waals surface area contributed by atoms with Gasteiger partial charge in [0, 0.05) is 19.3 Å². The van der Waals surface area contributed by atoms with Crippen LogP contribution in [-0.2, 0) is 7.05 Å². The molecule has 2 aromatic heterocycles. The van der Waals surface area contributed by atoms with Crippen LogP contribution in [0.15, 0.2) is 6.20 Å². The van der Waals surface area contributed by atoms with Crippen molar-refractivity contribution in [2.45, 2.75) is 31.9 Å². The molecule has 0 aromatic carbocycles. The molecule has 3 N–H and O–H groups in total. The minimum Gasteiger partial charge on any atom is -0.478 e. The highest BCUT2D eigenvalue weighted by molar-refractivity contribution is 6.04. The van der Waals surface area contributed by atoms with Crippen LogP contribution < -0.4 is 5.32 Å². The SMILES string of the molecule is Cc1nn(C)c2ncc(C(=O)O)c(NC3CC(O)C3)c12. The molecule has 0 unspecified atom stereocenters. The third kappa shape index (κ3) is 1.90. The molecule has 2 aromatic rings. The van der Waals surface area contributed by atoms with Gasteiger partial charge in [0.25, 0.3) is 0 Å². The maximum Gasteiger partial charge on any atom is 0.339 e. The molecular weight excluding hydrogens is 260 g/mol. The molecule has 0 spiro atoms. The predicted octanol–water partition coefficient (Wildman–Crippen LogP) is 0.910. The zero-order valence-corrected chi connectivity index (χ0v) is 11.3. The summed E-state index contributed by atoms with van der Waals surface area (Å²) in [5, 5.41) is 26.9. The second kappa shape index (κ2) is 4.45. The van der Waals surface area contributed by atoms with Gasteiger partial charge in [-0.2, -0.15) is 5.10 Å². The molecule has 3 rings (SSSR count). The second-order valence-electron chi connectivity index (χ2n) is 5.23. The number of aryl methyl sites for hydroxylation is 2. The highest BCUT2D eigenvalue weighted by atomic mass is 16.4. The summed E-state index contributed by atoms with van der Waals surface area (Å²) in [5.74, 6) is -1.02. The van der Waals surface area contributed by atoms with E-state index in [1.807, 2.05) is 6.92 Å². The Kier molecular flexibility index (Phi) is 2.86. The first kappa shape index (κ1) is 12.9. The molecule has 0 amide bonds. The topological polar surface area (TPSA) is 100 Å². The summed E-state index contributed by atoms with van der Waals surface area (Å²) in [7, 11) is 1.78. The molecule has 7 nitrogen and oxygen atoms in total. The van der Waals surface area contributed by atoms with Gasteiger partial charge >= 0.3 is 5.97 Å². The standard InChI is InChI=1S/C13H16N4O3/c1-6-10-11(15-7-3-8(18)4-7)9(13(19)20)5-14-12(10)17(2)16-6/h5,7-8,18H,3-4H2,1-2H3,(H,14,15)(H,19,20). The fraction of sp³-hybridized carbons (Fsp3) is 0.462. The summed E-state index contributed by atoms with van der Waals surface area (Å²) in [6.45, 7) is 1.83. The van der Waals surface area contributed by atoms with Crippen LogP contribution in [0.4, 0.5) is 5.69 Å². The highest BCUT2D eigenvalue weighted by Crippen LogP contribution is 2.32. The van der Waals surface area contributed by atoms with Crippen molar-refractivity contribution in [2.24, 2.45) is 7.05 Å². The molecule has 0 radical (unpaired) electrons. The zero-order valence-electron chi connectivity index (χ0n) is 11.3. The van der Waals surface area contributed by atoms with Crippen molar-refractivity contribution < 1.29 is 15.0 Å². The van der Waals surface area contributed by atoms with Crippen LogP contribution >= 0.6 is 0 Å². The molecule has 7 heteroatoms. The van der Waals surface area contributed by atoms with E-state index in [4.69, 9.17) is 0 Å². The van der Waals surface area contributed by atoms with Gasteiger partial charge < -0.3 is 15.5 Å². The van der Waals surface area contributed by atoms with Gasteiger partial charge in [0.15, 0.2) is 5.65 Å². The summed E-state index contributed by atoms with van der Waals surface area (Å²) >= 11 is 0. The molecule has 0 bridgehead atoms. The Morgan fingerprint density at radius 2 is 2.20 bits per heavy atom. The van der Waals surface area contributed by atoms with Crippen LogP contribution in [0.2, 0.25) is 0 Å². The first-order valence-electron chi connectivity index (χ1n) is 6.47. The zero-order chi connectivity index (χ0) is 14.4. The van der Waals surface area contributed by atoms with E-state index in [0.717, 1.165) is 11.1 Å². The Morgan fingerprint density at radius 1 is 1.50 bits per heavy atom. The van der Waals surface area contributed by atoms with E-state index in [0.29, 0.717) is 24.2 Å². The number of carboxylic acid groups (broad SMARTS) is 1. The predicted molar refractivity (Wildman–Crippen MR) is 72.9 cm³/mol. The van der Waals surface area contributed by atoms with Gasteiger partial charge in [0.2, 0.25) is 0 Å². The number of carbonyl (C=O) groups is 1. The van der Waals surface area contributed by atoms with Crippen molar-refractivity contribution in [2.75, 3.05) is 5.32 Å². The van der Waals surface area contributed by atoms with Crippen molar-refractivity contribution in [1.29, 1.82) is 0 Å². The maximum atomic E-state index is 11.4. The van der Waals surface area contributed by atoms with E-state index in [1.165, 1.54) is 6.20 Å². The van der Waals surface area contributed by atoms with Gasteiger partial charge in [-0.3, -0.25) is 4.68 Å². The van der Waals surface area contributed by atoms with Crippen LogP contribution in [0.5, 0.6) is 0 Å². The molecular formula is C13H16N4O3. The fourth-order valence-electron chi connectivity index (χ4n) is 2.63. The molecule has 1 fully saturated rings. The quantitative estimate of drug-likeness (QED) is 0.770. The number of aromatic nitrogens is 3. The third-order valence-corrected chi connectivity index (χ3v) is 3.72. The Hall–Kier alpha value is -2.15. The number of aliphatic hydroxyl groups is 1. The number of carboxylic acids is 1. The summed E-state index contributed by atoms with van der Waals surface area (Å²) in [5.41, 5.74) is 2.07. The van der Waals surface area contributed by atoms with E-state index >= 15 is 0 Å². The molecule has 0 aliphatic heterocycles. The summed E-state index contributed by atoms with van der Waals surface area (Å²) in [6, 6.07) is 0.0910. The first-order chi connectivity index (χ1) is 9.47. The van der Waals surface area contributed by atoms with Gasteiger partial charge in [0.05, 0.1) is 22.9 Å². The molecule has 1 aliphatic rings. The normalized spacial score (nSPS) is 21.8. The minimum absolute atomic E-state index is 0.0910. The Labute approximate surface area is 115 Å². The molecule has 1 saturated carbocycles. The molecule has 0 atom stereocenters. The largest absolute Gasteiger partial charge is 0.478 e. The number of nitrogens with one attached hydrogen (secondary N) is 1. The summed E-state index contributed by atoms with van der Waals surface area (Å²) in [6.07, 6.45) is 2.31. The summed E-state index contributed by atoms with van der Waals surface area (Å²) in [4.78, 5) is 15.6. The fourth-order valence-corrected chi connectivity index (χ4v) is 2.63. The van der Waals surface area contributed by atoms with E-state index in [1.54, 1.807) is 11.7 Å². The molecule has 106 valence electrons. The molecule has 0 saturated heterocycles. The lowest BCUT2D eigenvalue weighted by molar-refractivity contribution is 0.0697. The smallest absolute Gasteiger partial charge is 0.339 e. The lowest BCUT2D eigenvalue weighted by atomic mass is 9.89. The highest BCUT2D eigenvalue weighted by Gasteiger charge is 2.29. The number of fused-ring (bicyclic) bond motifs is 1. The average Bonchev–Trinajstić information content (AvgIpc) is 2.63. The number of anilines is 1. The number of aliphatic hydroxyl groups excluding tert-OH is 1. The van der Waals surface area contributed by atoms with Gasteiger partial charge in [-0.15, -0.1) is 0 Å². The number of rotatable bonds is 3. The van der Waals surface area contributed by atoms with Gasteiger partial charge in [0.1, 0.15) is 5.56 Å². The maximum absolute atomic E-state index is 11.4. The molecule has 20 heavy (non-hydrogen) atoms. The Morgan fingerprint density at radius 3 is 2.80 bits per heavy atom. The van der Waals surface area contributed by atoms with Gasteiger partial charge in [-0.05, 0) is 19.8 Å².